The molecule has 0 aromatic heterocycles. The predicted octanol–water partition coefficient (Wildman–Crippen LogP) is 3.99. The molecule has 2 aromatic carbocycles. The fourth-order valence-corrected chi connectivity index (χ4v) is 5.26. The maximum atomic E-state index is 12.7. The Morgan fingerprint density at radius 3 is 2.50 bits per heavy atom. The Hall–Kier alpha value is -2.05. The zero-order valence-corrected chi connectivity index (χ0v) is 17.6. The van der Waals surface area contributed by atoms with Crippen molar-refractivity contribution in [1.82, 2.24) is 5.32 Å². The van der Waals surface area contributed by atoms with Crippen molar-refractivity contribution in [2.75, 3.05) is 19.9 Å². The lowest BCUT2D eigenvalue weighted by molar-refractivity contribution is 0.0942. The van der Waals surface area contributed by atoms with Crippen molar-refractivity contribution < 1.29 is 17.9 Å². The molecule has 0 heterocycles. The average Bonchev–Trinajstić information content (AvgIpc) is 3.15. The molecular formula is C21H24ClNO4S. The Morgan fingerprint density at radius 1 is 1.18 bits per heavy atom. The van der Waals surface area contributed by atoms with Crippen LogP contribution < -0.4 is 10.1 Å². The van der Waals surface area contributed by atoms with Crippen LogP contribution in [-0.4, -0.2) is 34.2 Å². The number of hydrogen-bond donors (Lipinski definition) is 1. The molecular weight excluding hydrogens is 398 g/mol. The third-order valence-electron chi connectivity index (χ3n) is 5.42. The molecule has 0 radical (unpaired) electrons. The summed E-state index contributed by atoms with van der Waals surface area (Å²) < 4.78 is 29.3. The van der Waals surface area contributed by atoms with Gasteiger partial charge in [0.15, 0.2) is 9.84 Å². The van der Waals surface area contributed by atoms with Crippen molar-refractivity contribution in [3.05, 3.63) is 58.6 Å². The molecule has 0 saturated heterocycles. The number of ether oxygens (including phenoxy) is 1. The number of nitrogens with one attached hydrogen (secondary N) is 1. The first-order valence-corrected chi connectivity index (χ1v) is 11.5. The third kappa shape index (κ3) is 4.18. The summed E-state index contributed by atoms with van der Waals surface area (Å²) >= 11 is 5.98. The summed E-state index contributed by atoms with van der Waals surface area (Å²) in [5.41, 5.74) is 1.19. The summed E-state index contributed by atoms with van der Waals surface area (Å²) in [6.07, 6.45) is 5.18. The van der Waals surface area contributed by atoms with Crippen LogP contribution in [0.25, 0.3) is 0 Å². The van der Waals surface area contributed by atoms with Gasteiger partial charge in [0.05, 0.1) is 17.0 Å². The van der Waals surface area contributed by atoms with E-state index in [0.29, 0.717) is 6.54 Å². The van der Waals surface area contributed by atoms with E-state index in [-0.39, 0.29) is 26.8 Å². The maximum absolute atomic E-state index is 12.7. The second kappa shape index (κ2) is 8.13. The number of para-hydroxylation sites is 1. The molecule has 1 amide bonds. The number of carbonyl (C=O) groups excluding carboxylic acids is 1. The van der Waals surface area contributed by atoms with Crippen LogP contribution in [0.5, 0.6) is 5.75 Å². The van der Waals surface area contributed by atoms with Crippen molar-refractivity contribution in [3.63, 3.8) is 0 Å². The van der Waals surface area contributed by atoms with Crippen LogP contribution in [0.1, 0.15) is 41.6 Å². The highest BCUT2D eigenvalue weighted by atomic mass is 35.5. The average molecular weight is 422 g/mol. The third-order valence-corrected chi connectivity index (χ3v) is 7.00. The van der Waals surface area contributed by atoms with Gasteiger partial charge in [-0.05, 0) is 37.1 Å². The highest BCUT2D eigenvalue weighted by molar-refractivity contribution is 7.90. The van der Waals surface area contributed by atoms with Gasteiger partial charge in [-0.15, -0.1) is 0 Å². The number of amides is 1. The predicted molar refractivity (Wildman–Crippen MR) is 110 cm³/mol. The van der Waals surface area contributed by atoms with Gasteiger partial charge >= 0.3 is 0 Å². The normalized spacial score (nSPS) is 16.0. The first-order valence-electron chi connectivity index (χ1n) is 9.18. The molecule has 0 spiro atoms. The van der Waals surface area contributed by atoms with Crippen molar-refractivity contribution in [1.29, 1.82) is 0 Å². The maximum Gasteiger partial charge on any atom is 0.251 e. The Balaban J connectivity index is 1.85. The topological polar surface area (TPSA) is 72.5 Å². The molecule has 2 aromatic rings. The number of benzene rings is 2. The van der Waals surface area contributed by atoms with Crippen molar-refractivity contribution >= 4 is 27.3 Å². The highest BCUT2D eigenvalue weighted by Gasteiger charge is 2.38. The second-order valence-electron chi connectivity index (χ2n) is 7.29. The van der Waals surface area contributed by atoms with Crippen LogP contribution in [0.15, 0.2) is 47.4 Å². The monoisotopic (exact) mass is 421 g/mol. The number of hydrogen-bond acceptors (Lipinski definition) is 4. The van der Waals surface area contributed by atoms with E-state index < -0.39 is 9.84 Å². The largest absolute Gasteiger partial charge is 0.496 e. The summed E-state index contributed by atoms with van der Waals surface area (Å²) in [4.78, 5) is 12.7. The summed E-state index contributed by atoms with van der Waals surface area (Å²) in [7, 11) is -1.86. The highest BCUT2D eigenvalue weighted by Crippen LogP contribution is 2.44. The van der Waals surface area contributed by atoms with Crippen LogP contribution in [0.2, 0.25) is 5.02 Å². The lowest BCUT2D eigenvalue weighted by Gasteiger charge is -2.31. The van der Waals surface area contributed by atoms with E-state index in [1.807, 2.05) is 18.2 Å². The van der Waals surface area contributed by atoms with Crippen molar-refractivity contribution in [2.24, 2.45) is 0 Å². The Bertz CT molecular complexity index is 982. The van der Waals surface area contributed by atoms with Gasteiger partial charge in [-0.3, -0.25) is 4.79 Å². The van der Waals surface area contributed by atoms with Crippen LogP contribution in [-0.2, 0) is 15.3 Å². The minimum atomic E-state index is -3.51. The molecule has 1 N–H and O–H groups in total. The zero-order valence-electron chi connectivity index (χ0n) is 16.0. The summed E-state index contributed by atoms with van der Waals surface area (Å²) in [6, 6.07) is 12.2. The molecule has 0 atom stereocenters. The van der Waals surface area contributed by atoms with Crippen LogP contribution >= 0.6 is 11.6 Å². The van der Waals surface area contributed by atoms with E-state index in [1.54, 1.807) is 7.11 Å². The molecule has 0 bridgehead atoms. The number of methoxy groups -OCH3 is 1. The smallest absolute Gasteiger partial charge is 0.251 e. The van der Waals surface area contributed by atoms with Crippen LogP contribution in [0, 0.1) is 0 Å². The fraction of sp³-hybridized carbons (Fsp3) is 0.381. The molecule has 28 heavy (non-hydrogen) atoms. The standard InChI is InChI=1S/C21H24ClNO4S/c1-27-18-8-4-3-7-16(18)21(11-5-6-12-21)14-23-20(24)15-9-10-17(22)19(13-15)28(2,25)26/h3-4,7-10,13H,5-6,11-12,14H2,1-2H3,(H,23,24). The van der Waals surface area contributed by atoms with Gasteiger partial charge in [0.1, 0.15) is 5.75 Å². The number of carbonyl (C=O) groups is 1. The number of halogens is 1. The molecule has 150 valence electrons. The molecule has 1 aliphatic carbocycles. The number of sulfone groups is 1. The molecule has 1 fully saturated rings. The molecule has 1 saturated carbocycles. The second-order valence-corrected chi connectivity index (χ2v) is 9.68. The van der Waals surface area contributed by atoms with Gasteiger partial charge in [-0.1, -0.05) is 42.6 Å². The quantitative estimate of drug-likeness (QED) is 0.765. The van der Waals surface area contributed by atoms with Gasteiger partial charge in [-0.2, -0.15) is 0 Å². The van der Waals surface area contributed by atoms with E-state index in [9.17, 15) is 13.2 Å². The van der Waals surface area contributed by atoms with Crippen LogP contribution in [0.4, 0.5) is 0 Å². The van der Waals surface area contributed by atoms with Gasteiger partial charge in [0.2, 0.25) is 0 Å². The van der Waals surface area contributed by atoms with Crippen molar-refractivity contribution in [3.8, 4) is 5.75 Å². The van der Waals surface area contributed by atoms with E-state index in [4.69, 9.17) is 16.3 Å². The Labute approximate surface area is 171 Å². The summed E-state index contributed by atoms with van der Waals surface area (Å²) in [6.45, 7) is 0.461. The minimum Gasteiger partial charge on any atom is -0.496 e. The van der Waals surface area contributed by atoms with E-state index in [2.05, 4.69) is 11.4 Å². The van der Waals surface area contributed by atoms with Gasteiger partial charge in [0.25, 0.3) is 5.91 Å². The summed E-state index contributed by atoms with van der Waals surface area (Å²) in [5, 5.41) is 3.11. The van der Waals surface area contributed by atoms with E-state index in [1.165, 1.54) is 18.2 Å². The van der Waals surface area contributed by atoms with Gasteiger partial charge < -0.3 is 10.1 Å². The Morgan fingerprint density at radius 2 is 1.86 bits per heavy atom. The Kier molecular flexibility index (Phi) is 6.01. The van der Waals surface area contributed by atoms with Gasteiger partial charge in [-0.25, -0.2) is 8.42 Å². The van der Waals surface area contributed by atoms with E-state index >= 15 is 0 Å². The first kappa shape index (κ1) is 20.7. The zero-order chi connectivity index (χ0) is 20.4. The molecule has 3 rings (SSSR count). The fourth-order valence-electron chi connectivity index (χ4n) is 3.96. The van der Waals surface area contributed by atoms with Crippen LogP contribution in [0.3, 0.4) is 0 Å². The number of rotatable bonds is 6. The van der Waals surface area contributed by atoms with Crippen molar-refractivity contribution in [2.45, 2.75) is 36.0 Å². The molecule has 7 heteroatoms. The molecule has 0 aliphatic heterocycles. The minimum absolute atomic E-state index is 0.0397. The summed E-state index contributed by atoms with van der Waals surface area (Å²) in [5.74, 6) is 0.507. The lowest BCUT2D eigenvalue weighted by Crippen LogP contribution is -2.39. The molecule has 1 aliphatic rings. The SMILES string of the molecule is COc1ccccc1C1(CNC(=O)c2ccc(Cl)c(S(C)(=O)=O)c2)CCCC1. The lowest BCUT2D eigenvalue weighted by atomic mass is 9.78. The first-order chi connectivity index (χ1) is 13.3. The molecule has 0 unspecified atom stereocenters. The van der Waals surface area contributed by atoms with Gasteiger partial charge in [0, 0.05) is 29.3 Å². The van der Waals surface area contributed by atoms with E-state index in [0.717, 1.165) is 43.3 Å². The molecule has 5 nitrogen and oxygen atoms in total.